The molecule has 0 radical (unpaired) electrons. The minimum atomic E-state index is -0.394. The summed E-state index contributed by atoms with van der Waals surface area (Å²) in [6, 6.07) is 16.1. The van der Waals surface area contributed by atoms with Crippen LogP contribution in [-0.2, 0) is 13.0 Å². The molecule has 0 saturated carbocycles. The van der Waals surface area contributed by atoms with Gasteiger partial charge in [0, 0.05) is 24.3 Å². The van der Waals surface area contributed by atoms with Gasteiger partial charge in [0.05, 0.1) is 20.5 Å². The van der Waals surface area contributed by atoms with E-state index >= 15 is 0 Å². The van der Waals surface area contributed by atoms with Gasteiger partial charge in [0.15, 0.2) is 18.9 Å². The number of aromatic nitrogens is 1. The van der Waals surface area contributed by atoms with Crippen molar-refractivity contribution >= 4 is 28.9 Å². The van der Waals surface area contributed by atoms with Crippen molar-refractivity contribution < 1.29 is 9.49 Å². The lowest BCUT2D eigenvalue weighted by Gasteiger charge is -2.05. The SMILES string of the molecule is O=[N+]([O-])c1ccc(Cc2cc[n+](Cc3c(Cl)cccc3Cl)cc2)cc1. The summed E-state index contributed by atoms with van der Waals surface area (Å²) in [5, 5.41) is 12.0. The average molecular weight is 374 g/mol. The van der Waals surface area contributed by atoms with E-state index in [0.717, 1.165) is 16.7 Å². The molecule has 0 aliphatic heterocycles. The third-order valence-electron chi connectivity index (χ3n) is 3.92. The standard InChI is InChI=1S/C19H15Cl2N2O2/c20-18-2-1-3-19(21)17(18)13-22-10-8-15(9-11-22)12-14-4-6-16(7-5-14)23(24)25/h1-11H,12-13H2/q+1. The van der Waals surface area contributed by atoms with E-state index in [1.807, 2.05) is 47.3 Å². The van der Waals surface area contributed by atoms with Crippen LogP contribution >= 0.6 is 23.2 Å². The molecule has 0 aliphatic rings. The van der Waals surface area contributed by atoms with Crippen LogP contribution in [0.4, 0.5) is 5.69 Å². The summed E-state index contributed by atoms with van der Waals surface area (Å²) in [5.74, 6) is 0. The second kappa shape index (κ2) is 7.64. The van der Waals surface area contributed by atoms with Crippen LogP contribution in [0.25, 0.3) is 0 Å². The van der Waals surface area contributed by atoms with Gasteiger partial charge in [-0.05, 0) is 29.7 Å². The minimum absolute atomic E-state index is 0.103. The van der Waals surface area contributed by atoms with Gasteiger partial charge in [-0.2, -0.15) is 0 Å². The Balaban J connectivity index is 1.71. The first-order valence-electron chi connectivity index (χ1n) is 7.67. The van der Waals surface area contributed by atoms with Crippen LogP contribution in [0.15, 0.2) is 67.0 Å². The molecule has 1 heterocycles. The van der Waals surface area contributed by atoms with Gasteiger partial charge in [-0.1, -0.05) is 41.4 Å². The average Bonchev–Trinajstić information content (AvgIpc) is 2.60. The number of nitro benzene ring substituents is 1. The quantitative estimate of drug-likeness (QED) is 0.365. The zero-order valence-electron chi connectivity index (χ0n) is 13.2. The number of nitro groups is 1. The molecule has 3 rings (SSSR count). The minimum Gasteiger partial charge on any atom is -0.258 e. The molecule has 0 bridgehead atoms. The first kappa shape index (κ1) is 17.4. The molecule has 0 amide bonds. The zero-order valence-corrected chi connectivity index (χ0v) is 14.7. The summed E-state index contributed by atoms with van der Waals surface area (Å²) >= 11 is 12.4. The predicted molar refractivity (Wildman–Crippen MR) is 98.1 cm³/mol. The van der Waals surface area contributed by atoms with Crippen molar-refractivity contribution in [2.45, 2.75) is 13.0 Å². The highest BCUT2D eigenvalue weighted by Crippen LogP contribution is 2.23. The Labute approximate surface area is 155 Å². The first-order valence-corrected chi connectivity index (χ1v) is 8.43. The Hall–Kier alpha value is -2.43. The van der Waals surface area contributed by atoms with E-state index in [-0.39, 0.29) is 5.69 Å². The summed E-state index contributed by atoms with van der Waals surface area (Å²) in [5.41, 5.74) is 3.14. The topological polar surface area (TPSA) is 47.0 Å². The molecule has 0 fully saturated rings. The number of hydrogen-bond donors (Lipinski definition) is 0. The fourth-order valence-electron chi connectivity index (χ4n) is 2.55. The molecule has 126 valence electrons. The number of rotatable bonds is 5. The smallest absolute Gasteiger partial charge is 0.258 e. The molecule has 2 aromatic carbocycles. The molecular formula is C19H15Cl2N2O2+. The van der Waals surface area contributed by atoms with Crippen molar-refractivity contribution in [3.8, 4) is 0 Å². The van der Waals surface area contributed by atoms with Gasteiger partial charge in [-0.15, -0.1) is 0 Å². The zero-order chi connectivity index (χ0) is 17.8. The van der Waals surface area contributed by atoms with Gasteiger partial charge >= 0.3 is 0 Å². The van der Waals surface area contributed by atoms with Crippen molar-refractivity contribution in [2.24, 2.45) is 0 Å². The lowest BCUT2D eigenvalue weighted by atomic mass is 10.1. The second-order valence-electron chi connectivity index (χ2n) is 5.68. The van der Waals surface area contributed by atoms with Crippen LogP contribution in [0.3, 0.4) is 0 Å². The maximum atomic E-state index is 10.7. The summed E-state index contributed by atoms with van der Waals surface area (Å²) in [6.07, 6.45) is 4.66. The molecule has 25 heavy (non-hydrogen) atoms. The van der Waals surface area contributed by atoms with Crippen LogP contribution in [0, 0.1) is 10.1 Å². The highest BCUT2D eigenvalue weighted by atomic mass is 35.5. The van der Waals surface area contributed by atoms with Crippen LogP contribution < -0.4 is 4.57 Å². The summed E-state index contributed by atoms with van der Waals surface area (Å²) in [7, 11) is 0. The third kappa shape index (κ3) is 4.35. The molecule has 0 unspecified atom stereocenters. The number of halogens is 2. The molecular weight excluding hydrogens is 359 g/mol. The Bertz CT molecular complexity index is 874. The van der Waals surface area contributed by atoms with Crippen LogP contribution in [0.1, 0.15) is 16.7 Å². The summed E-state index contributed by atoms with van der Waals surface area (Å²) in [4.78, 5) is 10.3. The van der Waals surface area contributed by atoms with Crippen molar-refractivity contribution in [3.63, 3.8) is 0 Å². The lowest BCUT2D eigenvalue weighted by Crippen LogP contribution is -2.33. The summed E-state index contributed by atoms with van der Waals surface area (Å²) in [6.45, 7) is 0.594. The highest BCUT2D eigenvalue weighted by molar-refractivity contribution is 6.35. The Morgan fingerprint density at radius 1 is 0.880 bits per heavy atom. The predicted octanol–water partition coefficient (Wildman–Crippen LogP) is 4.83. The molecule has 1 aromatic heterocycles. The van der Waals surface area contributed by atoms with Crippen LogP contribution in [0.5, 0.6) is 0 Å². The second-order valence-corrected chi connectivity index (χ2v) is 6.49. The van der Waals surface area contributed by atoms with Crippen LogP contribution in [0.2, 0.25) is 10.0 Å². The maximum Gasteiger partial charge on any atom is 0.269 e. The van der Waals surface area contributed by atoms with Gasteiger partial charge in [0.25, 0.3) is 5.69 Å². The number of pyridine rings is 1. The van der Waals surface area contributed by atoms with Crippen molar-refractivity contribution in [2.75, 3.05) is 0 Å². The number of nitrogens with zero attached hydrogens (tertiary/aromatic N) is 2. The van der Waals surface area contributed by atoms with Gasteiger partial charge in [0.2, 0.25) is 0 Å². The van der Waals surface area contributed by atoms with E-state index in [4.69, 9.17) is 23.2 Å². The molecule has 4 nitrogen and oxygen atoms in total. The van der Waals surface area contributed by atoms with Crippen molar-refractivity contribution in [3.05, 3.63) is 104 Å². The van der Waals surface area contributed by atoms with E-state index in [0.29, 0.717) is 23.0 Å². The van der Waals surface area contributed by atoms with Gasteiger partial charge < -0.3 is 0 Å². The van der Waals surface area contributed by atoms with E-state index in [9.17, 15) is 10.1 Å². The number of benzene rings is 2. The molecule has 0 spiro atoms. The fourth-order valence-corrected chi connectivity index (χ4v) is 3.07. The van der Waals surface area contributed by atoms with Gasteiger partial charge in [0.1, 0.15) is 0 Å². The normalized spacial score (nSPS) is 10.6. The lowest BCUT2D eigenvalue weighted by molar-refractivity contribution is -0.688. The van der Waals surface area contributed by atoms with E-state index in [1.165, 1.54) is 12.1 Å². The Morgan fingerprint density at radius 2 is 1.44 bits per heavy atom. The number of non-ortho nitro benzene ring substituents is 1. The fraction of sp³-hybridized carbons (Fsp3) is 0.105. The highest BCUT2D eigenvalue weighted by Gasteiger charge is 2.11. The Kier molecular flexibility index (Phi) is 5.31. The van der Waals surface area contributed by atoms with Gasteiger partial charge in [-0.3, -0.25) is 10.1 Å². The van der Waals surface area contributed by atoms with Crippen molar-refractivity contribution in [1.29, 1.82) is 0 Å². The van der Waals surface area contributed by atoms with E-state index < -0.39 is 4.92 Å². The van der Waals surface area contributed by atoms with Crippen LogP contribution in [-0.4, -0.2) is 4.92 Å². The Morgan fingerprint density at radius 3 is 2.00 bits per heavy atom. The monoisotopic (exact) mass is 373 g/mol. The number of hydrogen-bond acceptors (Lipinski definition) is 2. The third-order valence-corrected chi connectivity index (χ3v) is 4.63. The largest absolute Gasteiger partial charge is 0.269 e. The summed E-state index contributed by atoms with van der Waals surface area (Å²) < 4.78 is 2.01. The first-order chi connectivity index (χ1) is 12.0. The van der Waals surface area contributed by atoms with E-state index in [2.05, 4.69) is 0 Å². The maximum absolute atomic E-state index is 10.7. The van der Waals surface area contributed by atoms with Gasteiger partial charge in [-0.25, -0.2) is 4.57 Å². The molecule has 6 heteroatoms. The molecule has 0 aliphatic carbocycles. The van der Waals surface area contributed by atoms with E-state index in [1.54, 1.807) is 12.1 Å². The molecule has 0 atom stereocenters. The molecule has 0 N–H and O–H groups in total. The molecule has 3 aromatic rings. The molecule has 0 saturated heterocycles. The van der Waals surface area contributed by atoms with Crippen molar-refractivity contribution in [1.82, 2.24) is 0 Å².